The van der Waals surface area contributed by atoms with Crippen LogP contribution in [0.1, 0.15) is 17.4 Å². The number of aryl methyl sites for hydroxylation is 1. The van der Waals surface area contributed by atoms with E-state index in [-0.39, 0.29) is 6.04 Å². The number of nitrogens with one attached hydrogen (secondary N) is 1. The molecule has 1 aromatic carbocycles. The van der Waals surface area contributed by atoms with Gasteiger partial charge in [0.15, 0.2) is 0 Å². The maximum atomic E-state index is 5.38. The lowest BCUT2D eigenvalue weighted by Gasteiger charge is -2.20. The topological polar surface area (TPSA) is 64.9 Å². The Bertz CT molecular complexity index is 1010. The van der Waals surface area contributed by atoms with E-state index in [9.17, 15) is 0 Å². The summed E-state index contributed by atoms with van der Waals surface area (Å²) in [6.07, 6.45) is 5.32. The molecule has 0 aliphatic heterocycles. The van der Waals surface area contributed by atoms with E-state index < -0.39 is 0 Å². The number of benzene rings is 1. The number of nitrogens with zero attached hydrogens (tertiary/aromatic N) is 4. The van der Waals surface area contributed by atoms with E-state index in [0.29, 0.717) is 0 Å². The maximum Gasteiger partial charge on any atom is 0.139 e. The highest BCUT2D eigenvalue weighted by atomic mass is 32.1. The standard InChI is InChI=1S/C18H17N5OS/c1-23-8-7-19-17(23)15(12-4-3-5-13(10-12)24-2)22-16-14-6-9-25-18(14)21-11-20-16/h3-11,15H,1-2H3,(H,20,21,22)/t15-/m0/s1. The number of methoxy groups -OCH3 is 1. The molecule has 25 heavy (non-hydrogen) atoms. The van der Waals surface area contributed by atoms with E-state index in [1.54, 1.807) is 31.0 Å². The van der Waals surface area contributed by atoms with Crippen molar-refractivity contribution in [2.45, 2.75) is 6.04 Å². The average molecular weight is 351 g/mol. The van der Waals surface area contributed by atoms with E-state index >= 15 is 0 Å². The number of rotatable bonds is 5. The molecule has 6 nitrogen and oxygen atoms in total. The lowest BCUT2D eigenvalue weighted by atomic mass is 10.1. The van der Waals surface area contributed by atoms with Gasteiger partial charge in [-0.3, -0.25) is 0 Å². The van der Waals surface area contributed by atoms with E-state index in [4.69, 9.17) is 4.74 Å². The Hall–Kier alpha value is -2.93. The molecule has 0 radical (unpaired) electrons. The Balaban J connectivity index is 1.80. The largest absolute Gasteiger partial charge is 0.497 e. The van der Waals surface area contributed by atoms with Crippen molar-refractivity contribution >= 4 is 27.4 Å². The molecule has 0 saturated carbocycles. The molecule has 3 heterocycles. The fraction of sp³-hybridized carbons (Fsp3) is 0.167. The van der Waals surface area contributed by atoms with E-state index in [0.717, 1.165) is 33.2 Å². The Morgan fingerprint density at radius 3 is 2.92 bits per heavy atom. The van der Waals surface area contributed by atoms with Crippen molar-refractivity contribution in [3.63, 3.8) is 0 Å². The van der Waals surface area contributed by atoms with Crippen LogP contribution in [0.15, 0.2) is 54.4 Å². The number of hydrogen-bond acceptors (Lipinski definition) is 6. The van der Waals surface area contributed by atoms with Gasteiger partial charge in [0.2, 0.25) is 0 Å². The molecule has 3 aromatic heterocycles. The van der Waals surface area contributed by atoms with Crippen LogP contribution in [0, 0.1) is 0 Å². The summed E-state index contributed by atoms with van der Waals surface area (Å²) in [5.41, 5.74) is 1.05. The van der Waals surface area contributed by atoms with Gasteiger partial charge >= 0.3 is 0 Å². The Morgan fingerprint density at radius 2 is 2.12 bits per heavy atom. The third kappa shape index (κ3) is 2.94. The Kier molecular flexibility index (Phi) is 4.07. The first-order valence-electron chi connectivity index (χ1n) is 7.82. The van der Waals surface area contributed by atoms with E-state index in [1.807, 2.05) is 47.5 Å². The molecule has 0 spiro atoms. The van der Waals surface area contributed by atoms with Gasteiger partial charge in [-0.1, -0.05) is 12.1 Å². The normalized spacial score (nSPS) is 12.2. The molecule has 0 amide bonds. The zero-order chi connectivity index (χ0) is 17.2. The molecule has 0 aliphatic rings. The number of imidazole rings is 1. The summed E-state index contributed by atoms with van der Waals surface area (Å²) < 4.78 is 7.38. The number of fused-ring (bicyclic) bond motifs is 1. The van der Waals surface area contributed by atoms with Crippen LogP contribution < -0.4 is 10.1 Å². The zero-order valence-corrected chi connectivity index (χ0v) is 14.7. The van der Waals surface area contributed by atoms with Gasteiger partial charge in [-0.25, -0.2) is 15.0 Å². The Morgan fingerprint density at radius 1 is 1.20 bits per heavy atom. The van der Waals surface area contributed by atoms with Crippen molar-refractivity contribution in [2.24, 2.45) is 7.05 Å². The van der Waals surface area contributed by atoms with E-state index in [2.05, 4.69) is 26.3 Å². The fourth-order valence-electron chi connectivity index (χ4n) is 2.82. The number of ether oxygens (including phenoxy) is 1. The second-order valence-electron chi connectivity index (χ2n) is 5.61. The highest BCUT2D eigenvalue weighted by Crippen LogP contribution is 2.31. The molecule has 0 fully saturated rings. The summed E-state index contributed by atoms with van der Waals surface area (Å²) in [5, 5.41) is 6.56. The van der Waals surface area contributed by atoms with Crippen LogP contribution >= 0.6 is 11.3 Å². The average Bonchev–Trinajstić information content (AvgIpc) is 3.29. The number of thiophene rings is 1. The highest BCUT2D eigenvalue weighted by Gasteiger charge is 2.20. The first-order valence-corrected chi connectivity index (χ1v) is 8.70. The van der Waals surface area contributed by atoms with Crippen molar-refractivity contribution in [3.8, 4) is 5.75 Å². The van der Waals surface area contributed by atoms with Crippen molar-refractivity contribution in [1.29, 1.82) is 0 Å². The van der Waals surface area contributed by atoms with Gasteiger partial charge < -0.3 is 14.6 Å². The molecule has 1 N–H and O–H groups in total. The van der Waals surface area contributed by atoms with Crippen molar-refractivity contribution in [3.05, 3.63) is 65.8 Å². The lowest BCUT2D eigenvalue weighted by molar-refractivity contribution is 0.414. The molecule has 4 rings (SSSR count). The summed E-state index contributed by atoms with van der Waals surface area (Å²) in [4.78, 5) is 14.2. The summed E-state index contributed by atoms with van der Waals surface area (Å²) in [5.74, 6) is 2.50. The van der Waals surface area contributed by atoms with Crippen LogP contribution in [-0.4, -0.2) is 26.6 Å². The van der Waals surface area contributed by atoms with Crippen LogP contribution in [0.25, 0.3) is 10.2 Å². The molecule has 4 aromatic rings. The molecular formula is C18H17N5OS. The number of hydrogen-bond donors (Lipinski definition) is 1. The fourth-order valence-corrected chi connectivity index (χ4v) is 3.55. The number of anilines is 1. The molecular weight excluding hydrogens is 334 g/mol. The third-order valence-corrected chi connectivity index (χ3v) is 4.91. The van der Waals surface area contributed by atoms with Gasteiger partial charge in [-0.2, -0.15) is 0 Å². The smallest absolute Gasteiger partial charge is 0.139 e. The van der Waals surface area contributed by atoms with Crippen LogP contribution in [0.4, 0.5) is 5.82 Å². The van der Waals surface area contributed by atoms with Crippen molar-refractivity contribution in [2.75, 3.05) is 12.4 Å². The van der Waals surface area contributed by atoms with Crippen LogP contribution in [-0.2, 0) is 7.05 Å². The first kappa shape index (κ1) is 15.6. The summed E-state index contributed by atoms with van der Waals surface area (Å²) in [6, 6.07) is 9.85. The van der Waals surface area contributed by atoms with E-state index in [1.165, 1.54) is 0 Å². The Labute approximate surface area is 149 Å². The number of aromatic nitrogens is 4. The lowest BCUT2D eigenvalue weighted by Crippen LogP contribution is -2.17. The minimum absolute atomic E-state index is 0.159. The molecule has 0 unspecified atom stereocenters. The van der Waals surface area contributed by atoms with Crippen LogP contribution in [0.2, 0.25) is 0 Å². The van der Waals surface area contributed by atoms with Gasteiger partial charge in [-0.05, 0) is 29.1 Å². The second-order valence-corrected chi connectivity index (χ2v) is 6.51. The molecule has 126 valence electrons. The van der Waals surface area contributed by atoms with Gasteiger partial charge in [0, 0.05) is 19.4 Å². The van der Waals surface area contributed by atoms with Crippen molar-refractivity contribution in [1.82, 2.24) is 19.5 Å². The monoisotopic (exact) mass is 351 g/mol. The SMILES string of the molecule is COc1cccc([C@H](Nc2ncnc3sccc23)c2nccn2C)c1. The summed E-state index contributed by atoms with van der Waals surface area (Å²) in [6.45, 7) is 0. The quantitative estimate of drug-likeness (QED) is 0.595. The molecule has 1 atom stereocenters. The van der Waals surface area contributed by atoms with Gasteiger partial charge in [-0.15, -0.1) is 11.3 Å². The summed E-state index contributed by atoms with van der Waals surface area (Å²) >= 11 is 1.60. The molecule has 0 bridgehead atoms. The van der Waals surface area contributed by atoms with Gasteiger partial charge in [0.1, 0.15) is 34.6 Å². The van der Waals surface area contributed by atoms with Crippen LogP contribution in [0.5, 0.6) is 5.75 Å². The molecule has 0 aliphatic carbocycles. The minimum atomic E-state index is -0.159. The highest BCUT2D eigenvalue weighted by molar-refractivity contribution is 7.16. The zero-order valence-electron chi connectivity index (χ0n) is 13.9. The molecule has 0 saturated heterocycles. The predicted octanol–water partition coefficient (Wildman–Crippen LogP) is 3.63. The van der Waals surface area contributed by atoms with Gasteiger partial charge in [0.25, 0.3) is 0 Å². The van der Waals surface area contributed by atoms with Gasteiger partial charge in [0.05, 0.1) is 12.5 Å². The minimum Gasteiger partial charge on any atom is -0.497 e. The summed E-state index contributed by atoms with van der Waals surface area (Å²) in [7, 11) is 3.65. The predicted molar refractivity (Wildman–Crippen MR) is 99.1 cm³/mol. The van der Waals surface area contributed by atoms with Crippen molar-refractivity contribution < 1.29 is 4.74 Å². The first-order chi connectivity index (χ1) is 12.3. The molecule has 7 heteroatoms. The van der Waals surface area contributed by atoms with Crippen LogP contribution in [0.3, 0.4) is 0 Å². The maximum absolute atomic E-state index is 5.38. The third-order valence-electron chi connectivity index (χ3n) is 4.09. The second kappa shape index (κ2) is 6.52.